The molecule has 0 radical (unpaired) electrons. The highest BCUT2D eigenvalue weighted by atomic mass is 32.2. The van der Waals surface area contributed by atoms with Crippen molar-refractivity contribution in [3.63, 3.8) is 0 Å². The van der Waals surface area contributed by atoms with E-state index in [1.807, 2.05) is 20.8 Å². The van der Waals surface area contributed by atoms with Crippen molar-refractivity contribution in [2.75, 3.05) is 19.6 Å². The molecule has 1 aromatic rings. The molecule has 1 saturated carbocycles. The van der Waals surface area contributed by atoms with Crippen molar-refractivity contribution in [2.45, 2.75) is 88.2 Å². The minimum atomic E-state index is -3.60. The molecule has 33 heavy (non-hydrogen) atoms. The summed E-state index contributed by atoms with van der Waals surface area (Å²) in [5, 5.41) is 5.97. The number of sulfonamides is 1. The average molecular weight is 480 g/mol. The third kappa shape index (κ3) is 6.93. The molecule has 2 aliphatic rings. The molecule has 9 heteroatoms. The van der Waals surface area contributed by atoms with Gasteiger partial charge >= 0.3 is 6.09 Å². The lowest BCUT2D eigenvalue weighted by molar-refractivity contribution is 0.0437. The van der Waals surface area contributed by atoms with E-state index < -0.39 is 27.3 Å². The van der Waals surface area contributed by atoms with E-state index in [9.17, 15) is 18.0 Å². The van der Waals surface area contributed by atoms with Crippen LogP contribution in [0, 0.1) is 0 Å². The van der Waals surface area contributed by atoms with Gasteiger partial charge < -0.3 is 15.4 Å². The minimum absolute atomic E-state index is 0.133. The van der Waals surface area contributed by atoms with E-state index >= 15 is 0 Å². The fourth-order valence-corrected chi connectivity index (χ4v) is 6.06. The van der Waals surface area contributed by atoms with Crippen LogP contribution < -0.4 is 10.6 Å². The number of hydrogen-bond acceptors (Lipinski definition) is 5. The number of nitrogens with zero attached hydrogens (tertiary/aromatic N) is 1. The number of carbonyl (C=O) groups is 2. The Kier molecular flexibility index (Phi) is 8.05. The third-order valence-corrected chi connectivity index (χ3v) is 8.11. The van der Waals surface area contributed by atoms with Crippen LogP contribution in [0.4, 0.5) is 4.79 Å². The van der Waals surface area contributed by atoms with Gasteiger partial charge in [0.25, 0.3) is 5.91 Å². The van der Waals surface area contributed by atoms with E-state index in [4.69, 9.17) is 4.74 Å². The van der Waals surface area contributed by atoms with Gasteiger partial charge in [-0.05, 0) is 64.7 Å². The molecule has 1 aliphatic carbocycles. The second-order valence-electron chi connectivity index (χ2n) is 10.1. The summed E-state index contributed by atoms with van der Waals surface area (Å²) in [6, 6.07) is 6.17. The van der Waals surface area contributed by atoms with Crippen LogP contribution in [-0.4, -0.2) is 55.5 Å². The van der Waals surface area contributed by atoms with Gasteiger partial charge in [0.15, 0.2) is 0 Å². The average Bonchev–Trinajstić information content (AvgIpc) is 3.20. The van der Waals surface area contributed by atoms with Crippen LogP contribution in [-0.2, 0) is 14.8 Å². The predicted octanol–water partition coefficient (Wildman–Crippen LogP) is 3.82. The number of rotatable bonds is 6. The molecule has 0 atom stereocenters. The Hall–Kier alpha value is -2.13. The summed E-state index contributed by atoms with van der Waals surface area (Å²) in [5.41, 5.74) is -0.912. The molecular weight excluding hydrogens is 442 g/mol. The highest BCUT2D eigenvalue weighted by Crippen LogP contribution is 2.28. The van der Waals surface area contributed by atoms with Gasteiger partial charge in [0.05, 0.1) is 10.4 Å². The van der Waals surface area contributed by atoms with Crippen molar-refractivity contribution >= 4 is 22.0 Å². The quantitative estimate of drug-likeness (QED) is 0.604. The second-order valence-corrected chi connectivity index (χ2v) is 12.1. The summed E-state index contributed by atoms with van der Waals surface area (Å²) < 4.78 is 32.7. The zero-order valence-corrected chi connectivity index (χ0v) is 20.8. The number of benzene rings is 1. The molecule has 0 bridgehead atoms. The fraction of sp³-hybridized carbons (Fsp3) is 0.667. The van der Waals surface area contributed by atoms with Crippen molar-refractivity contribution in [3.05, 3.63) is 29.8 Å². The summed E-state index contributed by atoms with van der Waals surface area (Å²) >= 11 is 0. The zero-order chi connectivity index (χ0) is 24.1. The first-order chi connectivity index (χ1) is 15.5. The van der Waals surface area contributed by atoms with Gasteiger partial charge in [0.1, 0.15) is 5.60 Å². The molecular formula is C24H37N3O5S. The molecule has 2 amide bonds. The van der Waals surface area contributed by atoms with Crippen LogP contribution >= 0.6 is 0 Å². The predicted molar refractivity (Wildman–Crippen MR) is 127 cm³/mol. The first-order valence-electron chi connectivity index (χ1n) is 11.9. The third-order valence-electron chi connectivity index (χ3n) is 6.21. The minimum Gasteiger partial charge on any atom is -0.444 e. The number of amides is 2. The van der Waals surface area contributed by atoms with Crippen LogP contribution in [0.15, 0.2) is 29.2 Å². The SMILES string of the molecule is CC(C)(C)OC(=O)NC1(CNC(=O)c2cccc(S(=O)(=O)N3CCCC3)c2)CCCCCC1. The number of alkyl carbamates (subject to hydrolysis) is 1. The van der Waals surface area contributed by atoms with Gasteiger partial charge in [-0.3, -0.25) is 4.79 Å². The van der Waals surface area contributed by atoms with E-state index in [1.165, 1.54) is 16.4 Å². The number of ether oxygens (including phenoxy) is 1. The molecule has 3 rings (SSSR count). The molecule has 1 aromatic carbocycles. The molecule has 0 aromatic heterocycles. The van der Waals surface area contributed by atoms with E-state index in [2.05, 4.69) is 10.6 Å². The lowest BCUT2D eigenvalue weighted by Gasteiger charge is -2.35. The first-order valence-corrected chi connectivity index (χ1v) is 13.3. The lowest BCUT2D eigenvalue weighted by Crippen LogP contribution is -2.56. The highest BCUT2D eigenvalue weighted by Gasteiger charge is 2.35. The molecule has 0 spiro atoms. The summed E-state index contributed by atoms with van der Waals surface area (Å²) in [5.74, 6) is -0.358. The van der Waals surface area contributed by atoms with Gasteiger partial charge in [0.2, 0.25) is 10.0 Å². The Morgan fingerprint density at radius 2 is 1.67 bits per heavy atom. The van der Waals surface area contributed by atoms with E-state index in [0.717, 1.165) is 51.4 Å². The molecule has 2 fully saturated rings. The van der Waals surface area contributed by atoms with Gasteiger partial charge in [-0.2, -0.15) is 4.31 Å². The topological polar surface area (TPSA) is 105 Å². The molecule has 184 valence electrons. The van der Waals surface area contributed by atoms with Gasteiger partial charge in [-0.15, -0.1) is 0 Å². The van der Waals surface area contributed by atoms with Crippen LogP contribution in [0.3, 0.4) is 0 Å². The van der Waals surface area contributed by atoms with E-state index in [-0.39, 0.29) is 22.9 Å². The number of carbonyl (C=O) groups excluding carboxylic acids is 2. The van der Waals surface area contributed by atoms with E-state index in [1.54, 1.807) is 12.1 Å². The monoisotopic (exact) mass is 479 g/mol. The summed E-state index contributed by atoms with van der Waals surface area (Å²) in [4.78, 5) is 25.6. The Labute approximate surface area is 197 Å². The van der Waals surface area contributed by atoms with Crippen molar-refractivity contribution in [1.29, 1.82) is 0 Å². The maximum Gasteiger partial charge on any atom is 0.408 e. The number of hydrogen-bond donors (Lipinski definition) is 2. The normalized spacial score (nSPS) is 19.5. The number of nitrogens with one attached hydrogen (secondary N) is 2. The Balaban J connectivity index is 1.71. The van der Waals surface area contributed by atoms with E-state index in [0.29, 0.717) is 13.1 Å². The van der Waals surface area contributed by atoms with Crippen LogP contribution in [0.2, 0.25) is 0 Å². The molecule has 0 unspecified atom stereocenters. The fourth-order valence-electron chi connectivity index (χ4n) is 4.50. The zero-order valence-electron chi connectivity index (χ0n) is 20.0. The van der Waals surface area contributed by atoms with Crippen molar-refractivity contribution in [2.24, 2.45) is 0 Å². The Morgan fingerprint density at radius 3 is 2.27 bits per heavy atom. The second kappa shape index (κ2) is 10.4. The maximum atomic E-state index is 13.0. The molecule has 8 nitrogen and oxygen atoms in total. The molecule has 1 saturated heterocycles. The van der Waals surface area contributed by atoms with Crippen molar-refractivity contribution in [1.82, 2.24) is 14.9 Å². The molecule has 1 heterocycles. The Bertz CT molecular complexity index is 941. The van der Waals surface area contributed by atoms with Crippen LogP contribution in [0.1, 0.15) is 82.5 Å². The van der Waals surface area contributed by atoms with Crippen molar-refractivity contribution in [3.8, 4) is 0 Å². The first kappa shape index (κ1) is 25.5. The lowest BCUT2D eigenvalue weighted by atomic mass is 9.90. The van der Waals surface area contributed by atoms with Gasteiger partial charge in [-0.1, -0.05) is 31.7 Å². The largest absolute Gasteiger partial charge is 0.444 e. The smallest absolute Gasteiger partial charge is 0.408 e. The van der Waals surface area contributed by atoms with Crippen LogP contribution in [0.5, 0.6) is 0 Å². The molecule has 2 N–H and O–H groups in total. The summed E-state index contributed by atoms with van der Waals surface area (Å²) in [7, 11) is -3.60. The van der Waals surface area contributed by atoms with Crippen molar-refractivity contribution < 1.29 is 22.7 Å². The summed E-state index contributed by atoms with van der Waals surface area (Å²) in [6.45, 7) is 6.73. The maximum absolute atomic E-state index is 13.0. The standard InChI is InChI=1S/C24H37N3O5S/c1-23(2,3)32-22(29)26-24(13-6-4-5-7-14-24)18-25-21(28)19-11-10-12-20(17-19)33(30,31)27-15-8-9-16-27/h10-12,17H,4-9,13-16,18H2,1-3H3,(H,25,28)(H,26,29). The van der Waals surface area contributed by atoms with Gasteiger partial charge in [-0.25, -0.2) is 13.2 Å². The molecule has 1 aliphatic heterocycles. The van der Waals surface area contributed by atoms with Gasteiger partial charge in [0, 0.05) is 25.2 Å². The highest BCUT2D eigenvalue weighted by molar-refractivity contribution is 7.89. The van der Waals surface area contributed by atoms with Crippen LogP contribution in [0.25, 0.3) is 0 Å². The Morgan fingerprint density at radius 1 is 1.03 bits per heavy atom. The summed E-state index contributed by atoms with van der Waals surface area (Å²) in [6.07, 6.45) is 6.79.